The topological polar surface area (TPSA) is 52.3 Å². The molecule has 0 amide bonds. The molecule has 0 saturated heterocycles. The Bertz CT molecular complexity index is 759. The summed E-state index contributed by atoms with van der Waals surface area (Å²) in [5.74, 6) is 0.427. The second kappa shape index (κ2) is 4.58. The normalized spacial score (nSPS) is 10.9. The molecule has 7 heteroatoms. The number of benzene rings is 1. The number of aryl methyl sites for hydroxylation is 1. The summed E-state index contributed by atoms with van der Waals surface area (Å²) >= 11 is 3.19. The van der Waals surface area contributed by atoms with Crippen molar-refractivity contribution in [3.8, 4) is 11.6 Å². The van der Waals surface area contributed by atoms with Crippen LogP contribution in [0.2, 0.25) is 0 Å². The second-order valence-electron chi connectivity index (χ2n) is 3.88. The van der Waals surface area contributed by atoms with Crippen LogP contribution in [0.25, 0.3) is 5.78 Å². The van der Waals surface area contributed by atoms with E-state index >= 15 is 0 Å². The Hall–Kier alpha value is -2.02. The molecule has 0 bridgehead atoms. The van der Waals surface area contributed by atoms with Crippen molar-refractivity contribution in [2.45, 2.75) is 6.92 Å². The number of halogens is 2. The maximum Gasteiger partial charge on any atom is 0.255 e. The maximum absolute atomic E-state index is 13.7. The van der Waals surface area contributed by atoms with Crippen molar-refractivity contribution in [3.05, 3.63) is 46.6 Å². The first-order valence-electron chi connectivity index (χ1n) is 5.44. The van der Waals surface area contributed by atoms with E-state index in [2.05, 4.69) is 31.0 Å². The zero-order chi connectivity index (χ0) is 13.4. The third-order valence-electron chi connectivity index (χ3n) is 2.46. The lowest BCUT2D eigenvalue weighted by Crippen LogP contribution is -2.00. The Morgan fingerprint density at radius 2 is 2.16 bits per heavy atom. The molecule has 0 spiro atoms. The Morgan fingerprint density at radius 1 is 1.32 bits per heavy atom. The van der Waals surface area contributed by atoms with Crippen LogP contribution in [0, 0.1) is 12.7 Å². The smallest absolute Gasteiger partial charge is 0.255 e. The highest BCUT2D eigenvalue weighted by atomic mass is 79.9. The zero-order valence-corrected chi connectivity index (χ0v) is 11.4. The fourth-order valence-electron chi connectivity index (χ4n) is 1.64. The van der Waals surface area contributed by atoms with Gasteiger partial charge in [-0.15, -0.1) is 0 Å². The highest BCUT2D eigenvalue weighted by Gasteiger charge is 2.10. The minimum Gasteiger partial charge on any atom is -0.436 e. The predicted octanol–water partition coefficient (Wildman–Crippen LogP) is 3.13. The summed E-state index contributed by atoms with van der Waals surface area (Å²) in [6.07, 6.45) is 1.37. The van der Waals surface area contributed by atoms with Crippen LogP contribution >= 0.6 is 15.9 Å². The average Bonchev–Trinajstić information content (AvgIpc) is 2.80. The van der Waals surface area contributed by atoms with Gasteiger partial charge in [-0.25, -0.2) is 9.37 Å². The number of fused-ring (bicyclic) bond motifs is 1. The van der Waals surface area contributed by atoms with Gasteiger partial charge in [0.15, 0.2) is 11.6 Å². The molecule has 96 valence electrons. The Labute approximate surface area is 116 Å². The summed E-state index contributed by atoms with van der Waals surface area (Å²) in [6, 6.07) is 6.24. The van der Waals surface area contributed by atoms with Crippen LogP contribution in [-0.4, -0.2) is 19.6 Å². The molecule has 0 aliphatic carbocycles. The Morgan fingerprint density at radius 3 is 2.95 bits per heavy atom. The molecule has 0 N–H and O–H groups in total. The molecular formula is C12H8BrFN4O. The van der Waals surface area contributed by atoms with Crippen LogP contribution in [0.3, 0.4) is 0 Å². The number of hydrogen-bond acceptors (Lipinski definition) is 4. The lowest BCUT2D eigenvalue weighted by molar-refractivity contribution is 0.414. The molecule has 1 aromatic carbocycles. The maximum atomic E-state index is 13.7. The van der Waals surface area contributed by atoms with Crippen molar-refractivity contribution in [2.24, 2.45) is 0 Å². The van der Waals surface area contributed by atoms with E-state index in [1.807, 2.05) is 0 Å². The summed E-state index contributed by atoms with van der Waals surface area (Å²) in [6.45, 7) is 1.81. The molecule has 3 rings (SSSR count). The van der Waals surface area contributed by atoms with Crippen LogP contribution in [0.15, 0.2) is 35.1 Å². The molecule has 5 nitrogen and oxygen atoms in total. The first-order chi connectivity index (χ1) is 9.13. The molecule has 0 fully saturated rings. The molecule has 0 unspecified atom stereocenters. The van der Waals surface area contributed by atoms with Crippen molar-refractivity contribution in [2.75, 3.05) is 0 Å². The SMILES string of the molecule is Cc1cc(Oc2ccc(Br)cc2F)n2ncnc2n1. The molecular weight excluding hydrogens is 315 g/mol. The molecule has 0 aliphatic rings. The van der Waals surface area contributed by atoms with Gasteiger partial charge in [0.05, 0.1) is 0 Å². The molecule has 3 aromatic rings. The number of hydrogen-bond donors (Lipinski definition) is 0. The van der Waals surface area contributed by atoms with Gasteiger partial charge in [-0.05, 0) is 25.1 Å². The van der Waals surface area contributed by atoms with Gasteiger partial charge in [0.2, 0.25) is 5.88 Å². The van der Waals surface area contributed by atoms with Gasteiger partial charge in [0.1, 0.15) is 6.33 Å². The van der Waals surface area contributed by atoms with Crippen LogP contribution in [0.4, 0.5) is 4.39 Å². The van der Waals surface area contributed by atoms with E-state index in [9.17, 15) is 4.39 Å². The third kappa shape index (κ3) is 2.28. The van der Waals surface area contributed by atoms with Crippen LogP contribution < -0.4 is 4.74 Å². The van der Waals surface area contributed by atoms with E-state index < -0.39 is 5.82 Å². The van der Waals surface area contributed by atoms with Gasteiger partial charge in [-0.2, -0.15) is 14.6 Å². The van der Waals surface area contributed by atoms with E-state index in [4.69, 9.17) is 4.74 Å². The van der Waals surface area contributed by atoms with E-state index in [-0.39, 0.29) is 5.75 Å². The summed E-state index contributed by atoms with van der Waals surface area (Å²) in [4.78, 5) is 8.16. The number of ether oxygens (including phenoxy) is 1. The largest absolute Gasteiger partial charge is 0.436 e. The highest BCUT2D eigenvalue weighted by molar-refractivity contribution is 9.10. The lowest BCUT2D eigenvalue weighted by atomic mass is 10.3. The molecule has 0 atom stereocenters. The minimum absolute atomic E-state index is 0.116. The first-order valence-corrected chi connectivity index (χ1v) is 6.23. The lowest BCUT2D eigenvalue weighted by Gasteiger charge is -2.08. The summed E-state index contributed by atoms with van der Waals surface area (Å²) in [5.41, 5.74) is 0.716. The zero-order valence-electron chi connectivity index (χ0n) is 9.84. The number of nitrogens with zero attached hydrogens (tertiary/aromatic N) is 4. The predicted molar refractivity (Wildman–Crippen MR) is 69.7 cm³/mol. The fourth-order valence-corrected chi connectivity index (χ4v) is 1.97. The second-order valence-corrected chi connectivity index (χ2v) is 4.80. The quantitative estimate of drug-likeness (QED) is 0.727. The molecule has 2 aromatic heterocycles. The van der Waals surface area contributed by atoms with Crippen molar-refractivity contribution in [3.63, 3.8) is 0 Å². The molecule has 0 saturated carbocycles. The fraction of sp³-hybridized carbons (Fsp3) is 0.0833. The van der Waals surface area contributed by atoms with Gasteiger partial charge in [-0.3, -0.25) is 0 Å². The van der Waals surface area contributed by atoms with Crippen molar-refractivity contribution in [1.82, 2.24) is 19.6 Å². The monoisotopic (exact) mass is 322 g/mol. The van der Waals surface area contributed by atoms with Crippen molar-refractivity contribution < 1.29 is 9.13 Å². The minimum atomic E-state index is -0.461. The van der Waals surface area contributed by atoms with Gasteiger partial charge in [0, 0.05) is 16.2 Å². The molecule has 0 aliphatic heterocycles. The highest BCUT2D eigenvalue weighted by Crippen LogP contribution is 2.26. The van der Waals surface area contributed by atoms with Gasteiger partial charge < -0.3 is 4.74 Å². The molecule has 19 heavy (non-hydrogen) atoms. The van der Waals surface area contributed by atoms with E-state index in [0.717, 1.165) is 0 Å². The van der Waals surface area contributed by atoms with E-state index in [1.165, 1.54) is 23.0 Å². The Kier molecular flexibility index (Phi) is 2.90. The summed E-state index contributed by atoms with van der Waals surface area (Å²) < 4.78 is 21.3. The van der Waals surface area contributed by atoms with E-state index in [0.29, 0.717) is 21.8 Å². The van der Waals surface area contributed by atoms with Crippen LogP contribution in [0.1, 0.15) is 5.69 Å². The third-order valence-corrected chi connectivity index (χ3v) is 2.95. The standard InChI is InChI=1S/C12H8BrFN4O/c1-7-4-11(18-12(17-7)15-6-16-18)19-10-3-2-8(13)5-9(10)14/h2-6H,1H3. The van der Waals surface area contributed by atoms with Gasteiger partial charge in [-0.1, -0.05) is 15.9 Å². The van der Waals surface area contributed by atoms with Crippen molar-refractivity contribution >= 4 is 21.7 Å². The van der Waals surface area contributed by atoms with Crippen molar-refractivity contribution in [1.29, 1.82) is 0 Å². The number of rotatable bonds is 2. The summed E-state index contributed by atoms with van der Waals surface area (Å²) in [7, 11) is 0. The van der Waals surface area contributed by atoms with Crippen LogP contribution in [0.5, 0.6) is 11.6 Å². The summed E-state index contributed by atoms with van der Waals surface area (Å²) in [5, 5.41) is 3.99. The van der Waals surface area contributed by atoms with Crippen LogP contribution in [-0.2, 0) is 0 Å². The van der Waals surface area contributed by atoms with Gasteiger partial charge >= 0.3 is 0 Å². The first kappa shape index (κ1) is 12.0. The number of aromatic nitrogens is 4. The van der Waals surface area contributed by atoms with E-state index in [1.54, 1.807) is 19.1 Å². The van der Waals surface area contributed by atoms with Gasteiger partial charge in [0.25, 0.3) is 5.78 Å². The Balaban J connectivity index is 2.07. The average molecular weight is 323 g/mol. The molecule has 2 heterocycles. The molecule has 0 radical (unpaired) electrons.